The van der Waals surface area contributed by atoms with Crippen molar-refractivity contribution < 1.29 is 13.2 Å². The van der Waals surface area contributed by atoms with Crippen LogP contribution in [0, 0.1) is 13.8 Å². The summed E-state index contributed by atoms with van der Waals surface area (Å²) in [5.41, 5.74) is 4.07. The molecule has 0 saturated heterocycles. The third kappa shape index (κ3) is 3.70. The van der Waals surface area contributed by atoms with E-state index in [-0.39, 0.29) is 4.90 Å². The highest BCUT2D eigenvalue weighted by Gasteiger charge is 2.20. The fourth-order valence-corrected chi connectivity index (χ4v) is 4.06. The quantitative estimate of drug-likeness (QED) is 0.710. The number of aromatic amines is 1. The topological polar surface area (TPSA) is 71.2 Å². The van der Waals surface area contributed by atoms with Crippen molar-refractivity contribution in [2.75, 3.05) is 13.7 Å². The van der Waals surface area contributed by atoms with Crippen LogP contribution in [0.5, 0.6) is 5.75 Å². The molecule has 0 aliphatic heterocycles. The summed E-state index contributed by atoms with van der Waals surface area (Å²) in [4.78, 5) is 3.33. The molecule has 0 fully saturated rings. The molecule has 3 aromatic rings. The molecule has 0 amide bonds. The van der Waals surface area contributed by atoms with E-state index >= 15 is 0 Å². The minimum absolute atomic E-state index is 0.180. The number of H-pyrrole nitrogens is 1. The first-order valence-electron chi connectivity index (χ1n) is 8.11. The van der Waals surface area contributed by atoms with Crippen molar-refractivity contribution in [1.82, 2.24) is 9.71 Å². The van der Waals surface area contributed by atoms with Crippen LogP contribution in [-0.4, -0.2) is 27.1 Å². The fourth-order valence-electron chi connectivity index (χ4n) is 2.80. The summed E-state index contributed by atoms with van der Waals surface area (Å²) in [7, 11) is -2.14. The predicted molar refractivity (Wildman–Crippen MR) is 99.7 cm³/mol. The second kappa shape index (κ2) is 6.90. The van der Waals surface area contributed by atoms with Gasteiger partial charge in [0.25, 0.3) is 0 Å². The van der Waals surface area contributed by atoms with E-state index in [1.54, 1.807) is 12.1 Å². The van der Waals surface area contributed by atoms with Gasteiger partial charge >= 0.3 is 0 Å². The number of rotatable bonds is 6. The molecule has 132 valence electrons. The normalized spacial score (nSPS) is 11.8. The van der Waals surface area contributed by atoms with Gasteiger partial charge in [-0.15, -0.1) is 0 Å². The molecule has 0 aliphatic carbocycles. The lowest BCUT2D eigenvalue weighted by Crippen LogP contribution is -2.26. The Morgan fingerprint density at radius 3 is 2.60 bits per heavy atom. The third-order valence-corrected chi connectivity index (χ3v) is 5.88. The summed E-state index contributed by atoms with van der Waals surface area (Å²) in [6.45, 7) is 4.15. The number of aromatic nitrogens is 1. The van der Waals surface area contributed by atoms with Gasteiger partial charge in [-0.05, 0) is 72.7 Å². The number of aryl methyl sites for hydroxylation is 2. The summed E-state index contributed by atoms with van der Waals surface area (Å²) in [5, 5.41) is 1.12. The fraction of sp³-hybridized carbons (Fsp3) is 0.263. The minimum Gasteiger partial charge on any atom is -0.495 e. The smallest absolute Gasteiger partial charge is 0.244 e. The van der Waals surface area contributed by atoms with E-state index in [1.165, 1.54) is 7.11 Å². The van der Waals surface area contributed by atoms with E-state index in [4.69, 9.17) is 4.74 Å². The molecule has 0 radical (unpaired) electrons. The highest BCUT2D eigenvalue weighted by Crippen LogP contribution is 2.27. The Bertz CT molecular complexity index is 1010. The third-order valence-electron chi connectivity index (χ3n) is 4.39. The van der Waals surface area contributed by atoms with Gasteiger partial charge in [-0.2, -0.15) is 0 Å². The van der Waals surface area contributed by atoms with Crippen molar-refractivity contribution in [2.45, 2.75) is 25.2 Å². The summed E-state index contributed by atoms with van der Waals surface area (Å²) in [6, 6.07) is 11.5. The molecule has 3 rings (SSSR count). The van der Waals surface area contributed by atoms with Gasteiger partial charge in [0.2, 0.25) is 10.0 Å². The van der Waals surface area contributed by atoms with Crippen molar-refractivity contribution in [3.8, 4) is 5.75 Å². The molecule has 0 bridgehead atoms. The SMILES string of the molecule is COc1cc(C)c(C)cc1S(=O)(=O)NCCc1ccc2[nH]ccc2c1. The van der Waals surface area contributed by atoms with Crippen molar-refractivity contribution in [3.63, 3.8) is 0 Å². The van der Waals surface area contributed by atoms with Crippen LogP contribution in [0.1, 0.15) is 16.7 Å². The highest BCUT2D eigenvalue weighted by molar-refractivity contribution is 7.89. The van der Waals surface area contributed by atoms with E-state index in [0.29, 0.717) is 18.7 Å². The van der Waals surface area contributed by atoms with Gasteiger partial charge in [-0.1, -0.05) is 6.07 Å². The maximum Gasteiger partial charge on any atom is 0.244 e. The first-order chi connectivity index (χ1) is 11.9. The first-order valence-corrected chi connectivity index (χ1v) is 9.60. The highest BCUT2D eigenvalue weighted by atomic mass is 32.2. The Kier molecular flexibility index (Phi) is 4.83. The minimum atomic E-state index is -3.63. The number of hydrogen-bond donors (Lipinski definition) is 2. The van der Waals surface area contributed by atoms with Gasteiger partial charge < -0.3 is 9.72 Å². The number of ether oxygens (including phenoxy) is 1. The van der Waals surface area contributed by atoms with E-state index in [1.807, 2.05) is 38.2 Å². The molecule has 1 aromatic heterocycles. The number of nitrogens with one attached hydrogen (secondary N) is 2. The predicted octanol–water partition coefficient (Wildman–Crippen LogP) is 3.31. The van der Waals surface area contributed by atoms with Gasteiger partial charge in [0.1, 0.15) is 10.6 Å². The molecule has 6 heteroatoms. The van der Waals surface area contributed by atoms with Crippen LogP contribution in [0.25, 0.3) is 10.9 Å². The number of methoxy groups -OCH3 is 1. The molecule has 0 spiro atoms. The lowest BCUT2D eigenvalue weighted by atomic mass is 10.1. The van der Waals surface area contributed by atoms with Crippen LogP contribution < -0.4 is 9.46 Å². The van der Waals surface area contributed by atoms with Gasteiger partial charge in [0.05, 0.1) is 7.11 Å². The zero-order valence-corrected chi connectivity index (χ0v) is 15.4. The Balaban J connectivity index is 1.74. The van der Waals surface area contributed by atoms with Crippen LogP contribution in [0.2, 0.25) is 0 Å². The van der Waals surface area contributed by atoms with Gasteiger partial charge in [0, 0.05) is 18.3 Å². The van der Waals surface area contributed by atoms with Gasteiger partial charge in [0.15, 0.2) is 0 Å². The zero-order valence-electron chi connectivity index (χ0n) is 14.6. The Morgan fingerprint density at radius 2 is 1.84 bits per heavy atom. The molecule has 0 unspecified atom stereocenters. The number of benzene rings is 2. The molecule has 5 nitrogen and oxygen atoms in total. The molecule has 0 saturated carbocycles. The van der Waals surface area contributed by atoms with Crippen LogP contribution in [-0.2, 0) is 16.4 Å². The van der Waals surface area contributed by atoms with Crippen LogP contribution in [0.4, 0.5) is 0 Å². The molecule has 1 heterocycles. The maximum atomic E-state index is 12.6. The summed E-state index contributed by atoms with van der Waals surface area (Å²) < 4.78 is 33.2. The van der Waals surface area contributed by atoms with Crippen molar-refractivity contribution in [2.24, 2.45) is 0 Å². The van der Waals surface area contributed by atoms with Crippen LogP contribution >= 0.6 is 0 Å². The van der Waals surface area contributed by atoms with E-state index in [2.05, 4.69) is 15.8 Å². The maximum absolute atomic E-state index is 12.6. The monoisotopic (exact) mass is 358 g/mol. The van der Waals surface area contributed by atoms with E-state index in [0.717, 1.165) is 27.6 Å². The lowest BCUT2D eigenvalue weighted by Gasteiger charge is -2.13. The molecule has 0 atom stereocenters. The average molecular weight is 358 g/mol. The van der Waals surface area contributed by atoms with Gasteiger partial charge in [-0.3, -0.25) is 0 Å². The van der Waals surface area contributed by atoms with Crippen molar-refractivity contribution >= 4 is 20.9 Å². The number of sulfonamides is 1. The van der Waals surface area contributed by atoms with Crippen molar-refractivity contribution in [3.05, 3.63) is 59.3 Å². The summed E-state index contributed by atoms with van der Waals surface area (Å²) in [5.74, 6) is 0.365. The Hall–Kier alpha value is -2.31. The second-order valence-corrected chi connectivity index (χ2v) is 7.87. The second-order valence-electron chi connectivity index (χ2n) is 6.13. The van der Waals surface area contributed by atoms with E-state index in [9.17, 15) is 8.42 Å². The lowest BCUT2D eigenvalue weighted by molar-refractivity contribution is 0.402. The molecular formula is C19H22N2O3S. The summed E-state index contributed by atoms with van der Waals surface area (Å²) >= 11 is 0. The zero-order chi connectivity index (χ0) is 18.0. The molecule has 2 N–H and O–H groups in total. The average Bonchev–Trinajstić information content (AvgIpc) is 3.04. The van der Waals surface area contributed by atoms with E-state index < -0.39 is 10.0 Å². The summed E-state index contributed by atoms with van der Waals surface area (Å²) in [6.07, 6.45) is 2.51. The molecule has 25 heavy (non-hydrogen) atoms. The Morgan fingerprint density at radius 1 is 1.08 bits per heavy atom. The standard InChI is InChI=1S/C19H22N2O3S/c1-13-10-18(24-3)19(11-14(13)2)25(22,23)21-9-6-15-4-5-17-16(12-15)7-8-20-17/h4-5,7-8,10-12,20-21H,6,9H2,1-3H3. The molecule has 2 aromatic carbocycles. The first kappa shape index (κ1) is 17.5. The number of fused-ring (bicyclic) bond motifs is 1. The van der Waals surface area contributed by atoms with Crippen molar-refractivity contribution in [1.29, 1.82) is 0 Å². The molecule has 0 aliphatic rings. The Labute approximate surface area is 148 Å². The largest absolute Gasteiger partial charge is 0.495 e. The number of hydrogen-bond acceptors (Lipinski definition) is 3. The molecular weight excluding hydrogens is 336 g/mol. The van der Waals surface area contributed by atoms with Crippen LogP contribution in [0.15, 0.2) is 47.5 Å². The van der Waals surface area contributed by atoms with Crippen LogP contribution in [0.3, 0.4) is 0 Å². The van der Waals surface area contributed by atoms with Gasteiger partial charge in [-0.25, -0.2) is 13.1 Å².